The predicted octanol–water partition coefficient (Wildman–Crippen LogP) is 7.92. The maximum absolute atomic E-state index is 12.8. The third-order valence-electron chi connectivity index (χ3n) is 6.51. The third-order valence-corrected chi connectivity index (χ3v) is 7.87. The number of carbonyl (C=O) groups excluding carboxylic acids is 2. The fourth-order valence-corrected chi connectivity index (χ4v) is 5.53. The number of carbonyl (C=O) groups is 2. The summed E-state index contributed by atoms with van der Waals surface area (Å²) in [6.45, 7) is 7.36. The van der Waals surface area contributed by atoms with Crippen LogP contribution in [0.4, 0.5) is 10.5 Å². The van der Waals surface area contributed by atoms with E-state index < -0.39 is 27.6 Å². The Labute approximate surface area is 259 Å². The Balaban J connectivity index is 1.47. The zero-order chi connectivity index (χ0) is 31.7. The number of rotatable bonds is 9. The first-order valence-corrected chi connectivity index (χ1v) is 15.7. The van der Waals surface area contributed by atoms with Gasteiger partial charge < -0.3 is 4.74 Å². The summed E-state index contributed by atoms with van der Waals surface area (Å²) < 4.78 is 32.8. The van der Waals surface area contributed by atoms with Crippen LogP contribution < -0.4 is 10.0 Å². The van der Waals surface area contributed by atoms with Crippen molar-refractivity contribution < 1.29 is 22.7 Å². The fourth-order valence-electron chi connectivity index (χ4n) is 4.58. The Kier molecular flexibility index (Phi) is 10.2. The van der Waals surface area contributed by atoms with Crippen LogP contribution in [0.1, 0.15) is 56.4 Å². The molecule has 0 fully saturated rings. The van der Waals surface area contributed by atoms with E-state index in [2.05, 4.69) is 41.2 Å². The number of ether oxygens (including phenoxy) is 1. The second-order valence-electron chi connectivity index (χ2n) is 11.0. The average molecular weight is 609 g/mol. The molecule has 2 N–H and O–H groups in total. The van der Waals surface area contributed by atoms with Crippen molar-refractivity contribution in [3.8, 4) is 0 Å². The van der Waals surface area contributed by atoms with Crippen molar-refractivity contribution in [2.45, 2.75) is 44.6 Å². The summed E-state index contributed by atoms with van der Waals surface area (Å²) in [6.07, 6.45) is 2.93. The van der Waals surface area contributed by atoms with E-state index in [-0.39, 0.29) is 4.90 Å². The van der Waals surface area contributed by atoms with Gasteiger partial charge in [0.15, 0.2) is 0 Å². The molecule has 4 aromatic carbocycles. The van der Waals surface area contributed by atoms with Crippen molar-refractivity contribution in [2.24, 2.45) is 0 Å². The molecule has 0 aliphatic heterocycles. The zero-order valence-electron chi connectivity index (χ0n) is 25.2. The molecule has 4 aromatic rings. The van der Waals surface area contributed by atoms with Crippen molar-refractivity contribution >= 4 is 44.9 Å². The maximum Gasteiger partial charge on any atom is 0.412 e. The van der Waals surface area contributed by atoms with E-state index >= 15 is 0 Å². The molecule has 0 radical (unpaired) electrons. The van der Waals surface area contributed by atoms with E-state index in [1.165, 1.54) is 35.9 Å². The lowest BCUT2D eigenvalue weighted by Crippen LogP contribution is -2.29. The van der Waals surface area contributed by atoms with E-state index in [4.69, 9.17) is 4.74 Å². The van der Waals surface area contributed by atoms with Crippen LogP contribution in [0.2, 0.25) is 0 Å². The Morgan fingerprint density at radius 3 is 1.84 bits per heavy atom. The first-order chi connectivity index (χ1) is 20.9. The summed E-state index contributed by atoms with van der Waals surface area (Å²) >= 11 is 0. The van der Waals surface area contributed by atoms with E-state index in [0.717, 1.165) is 34.2 Å². The number of hydrogen-bond acceptors (Lipinski definition) is 5. The molecule has 0 heterocycles. The van der Waals surface area contributed by atoms with Crippen molar-refractivity contribution in [1.82, 2.24) is 4.72 Å². The normalized spacial score (nSPS) is 12.4. The van der Waals surface area contributed by atoms with Gasteiger partial charge in [-0.2, -0.15) is 0 Å². The molecule has 0 atom stereocenters. The number of allylic oxidation sites excluding steroid dienone is 1. The first kappa shape index (κ1) is 32.0. The van der Waals surface area contributed by atoms with Gasteiger partial charge in [-0.25, -0.2) is 17.9 Å². The number of benzene rings is 4. The molecule has 0 aliphatic carbocycles. The molecule has 0 spiro atoms. The molecular formula is C36H36N2O5S. The third kappa shape index (κ3) is 8.78. The minimum atomic E-state index is -4.13. The Morgan fingerprint density at radius 1 is 0.750 bits per heavy atom. The summed E-state index contributed by atoms with van der Waals surface area (Å²) in [7, 11) is -4.13. The van der Waals surface area contributed by atoms with E-state index in [1.807, 2.05) is 60.7 Å². The van der Waals surface area contributed by atoms with Gasteiger partial charge in [0.2, 0.25) is 0 Å². The Bertz CT molecular complexity index is 1750. The minimum absolute atomic E-state index is 0.122. The van der Waals surface area contributed by atoms with Crippen LogP contribution in [0.15, 0.2) is 120 Å². The highest BCUT2D eigenvalue weighted by Gasteiger charge is 2.19. The smallest absolute Gasteiger partial charge is 0.412 e. The molecule has 0 aromatic heterocycles. The summed E-state index contributed by atoms with van der Waals surface area (Å²) in [5.41, 5.74) is 6.07. The second-order valence-corrected chi connectivity index (χ2v) is 12.7. The lowest BCUT2D eigenvalue weighted by atomic mass is 9.88. The Hall–Kier alpha value is -4.95. The van der Waals surface area contributed by atoms with Crippen LogP contribution in [-0.4, -0.2) is 26.0 Å². The Morgan fingerprint density at radius 2 is 1.30 bits per heavy atom. The monoisotopic (exact) mass is 608 g/mol. The molecule has 0 unspecified atom stereocenters. The van der Waals surface area contributed by atoms with E-state index in [1.54, 1.807) is 26.8 Å². The molecule has 226 valence electrons. The average Bonchev–Trinajstić information content (AvgIpc) is 2.99. The molecule has 7 nitrogen and oxygen atoms in total. The lowest BCUT2D eigenvalue weighted by Gasteiger charge is -2.19. The van der Waals surface area contributed by atoms with Gasteiger partial charge >= 0.3 is 6.09 Å². The number of amides is 2. The largest absolute Gasteiger partial charge is 0.444 e. The summed E-state index contributed by atoms with van der Waals surface area (Å²) in [4.78, 5) is 24.4. The van der Waals surface area contributed by atoms with Crippen LogP contribution in [0.25, 0.3) is 17.2 Å². The minimum Gasteiger partial charge on any atom is -0.444 e. The topological polar surface area (TPSA) is 102 Å². The maximum atomic E-state index is 12.8. The van der Waals surface area contributed by atoms with Crippen molar-refractivity contribution in [3.05, 3.63) is 138 Å². The van der Waals surface area contributed by atoms with Gasteiger partial charge in [0, 0.05) is 11.8 Å². The van der Waals surface area contributed by atoms with E-state index in [9.17, 15) is 18.0 Å². The molecule has 0 saturated carbocycles. The molecule has 44 heavy (non-hydrogen) atoms. The van der Waals surface area contributed by atoms with Crippen molar-refractivity contribution in [3.63, 3.8) is 0 Å². The first-order valence-electron chi connectivity index (χ1n) is 14.2. The molecule has 4 rings (SSSR count). The molecule has 2 amide bonds. The van der Waals surface area contributed by atoms with Gasteiger partial charge in [-0.3, -0.25) is 10.1 Å². The number of sulfonamides is 1. The molecule has 0 bridgehead atoms. The number of hydrogen-bond donors (Lipinski definition) is 2. The molecule has 0 aliphatic rings. The predicted molar refractivity (Wildman–Crippen MR) is 176 cm³/mol. The fraction of sp³-hybridized carbons (Fsp3) is 0.167. The van der Waals surface area contributed by atoms with Gasteiger partial charge in [0.05, 0.1) is 4.90 Å². The summed E-state index contributed by atoms with van der Waals surface area (Å²) in [5.74, 6) is -0.785. The van der Waals surface area contributed by atoms with Gasteiger partial charge in [-0.1, -0.05) is 91.9 Å². The van der Waals surface area contributed by atoms with Gasteiger partial charge in [-0.05, 0) is 90.9 Å². The summed E-state index contributed by atoms with van der Waals surface area (Å²) in [6, 6.07) is 33.7. The number of anilines is 1. The molecule has 0 saturated heterocycles. The number of nitrogens with one attached hydrogen (secondary N) is 2. The highest BCUT2D eigenvalue weighted by Crippen LogP contribution is 2.34. The van der Waals surface area contributed by atoms with Crippen LogP contribution in [0, 0.1) is 0 Å². The van der Waals surface area contributed by atoms with Crippen LogP contribution in [-0.2, 0) is 19.6 Å². The van der Waals surface area contributed by atoms with Crippen molar-refractivity contribution in [2.75, 3.05) is 5.32 Å². The van der Waals surface area contributed by atoms with Crippen LogP contribution in [0.3, 0.4) is 0 Å². The quantitative estimate of drug-likeness (QED) is 0.148. The van der Waals surface area contributed by atoms with E-state index in [0.29, 0.717) is 5.69 Å². The van der Waals surface area contributed by atoms with Gasteiger partial charge in [0.25, 0.3) is 15.9 Å². The van der Waals surface area contributed by atoms with Gasteiger partial charge in [0.1, 0.15) is 5.60 Å². The van der Waals surface area contributed by atoms with Crippen LogP contribution in [0.5, 0.6) is 0 Å². The van der Waals surface area contributed by atoms with Gasteiger partial charge in [-0.15, -0.1) is 0 Å². The highest BCUT2D eigenvalue weighted by atomic mass is 32.2. The molecular weight excluding hydrogens is 572 g/mol. The lowest BCUT2D eigenvalue weighted by molar-refractivity contribution is -0.114. The standard InChI is InChI=1S/C36H36N2O5S/c1-5-32(27-12-8-6-9-13-27)34(28-14-10-7-11-15-28)29-19-16-26(17-20-29)18-25-33(39)38-44(41,42)31-23-21-30(22-24-31)37-35(40)43-36(2,3)4/h6-25H,5H2,1-4H3,(H,37,40)(H,38,39). The zero-order valence-corrected chi connectivity index (χ0v) is 26.0. The summed E-state index contributed by atoms with van der Waals surface area (Å²) in [5, 5.41) is 2.54. The highest BCUT2D eigenvalue weighted by molar-refractivity contribution is 7.90. The second kappa shape index (κ2) is 14.0. The SMILES string of the molecule is CCC(=C(c1ccccc1)c1ccc(C=CC(=O)NS(=O)(=O)c2ccc(NC(=O)OC(C)(C)C)cc2)cc1)c1ccccc1. The molecule has 8 heteroatoms. The van der Waals surface area contributed by atoms with Crippen molar-refractivity contribution in [1.29, 1.82) is 0 Å². The van der Waals surface area contributed by atoms with Crippen LogP contribution >= 0.6 is 0 Å².